The summed E-state index contributed by atoms with van der Waals surface area (Å²) in [6.07, 6.45) is 1.53. The Hall–Kier alpha value is -1.23. The van der Waals surface area contributed by atoms with Crippen molar-refractivity contribution in [3.05, 3.63) is 23.8 Å². The van der Waals surface area contributed by atoms with Gasteiger partial charge in [-0.05, 0) is 37.1 Å². The number of ether oxygens (including phenoxy) is 1. The highest BCUT2D eigenvalue weighted by Gasteiger charge is 2.11. The fourth-order valence-corrected chi connectivity index (χ4v) is 2.77. The van der Waals surface area contributed by atoms with E-state index in [0.717, 1.165) is 17.7 Å². The summed E-state index contributed by atoms with van der Waals surface area (Å²) in [5.41, 5.74) is 1.46. The molecule has 0 aromatic heterocycles. The number of sulfonamides is 1. The zero-order chi connectivity index (χ0) is 12.9. The molecule has 0 radical (unpaired) electrons. The molecule has 1 aromatic carbocycles. The largest absolute Gasteiger partial charge is 0.497 e. The molecule has 4 nitrogen and oxygen atoms in total. The Morgan fingerprint density at radius 3 is 2.59 bits per heavy atom. The van der Waals surface area contributed by atoms with Gasteiger partial charge >= 0.3 is 0 Å². The minimum atomic E-state index is -3.23. The predicted octanol–water partition coefficient (Wildman–Crippen LogP) is 2.55. The highest BCUT2D eigenvalue weighted by Crippen LogP contribution is 2.22. The molecule has 96 valence electrons. The van der Waals surface area contributed by atoms with Gasteiger partial charge in [0.2, 0.25) is 10.0 Å². The van der Waals surface area contributed by atoms with Gasteiger partial charge in [0.15, 0.2) is 0 Å². The first kappa shape index (κ1) is 13.8. The summed E-state index contributed by atoms with van der Waals surface area (Å²) in [6, 6.07) is 5.26. The lowest BCUT2D eigenvalue weighted by Gasteiger charge is -2.11. The lowest BCUT2D eigenvalue weighted by Crippen LogP contribution is -2.17. The molecule has 0 spiro atoms. The van der Waals surface area contributed by atoms with Crippen molar-refractivity contribution >= 4 is 15.7 Å². The molecule has 0 aliphatic heterocycles. The van der Waals surface area contributed by atoms with Gasteiger partial charge in [0.1, 0.15) is 5.75 Å². The number of nitrogens with one attached hydrogen (secondary N) is 1. The van der Waals surface area contributed by atoms with E-state index in [1.807, 2.05) is 13.8 Å². The number of rotatable bonds is 6. The molecule has 1 N–H and O–H groups in total. The van der Waals surface area contributed by atoms with Crippen molar-refractivity contribution in [2.75, 3.05) is 17.6 Å². The van der Waals surface area contributed by atoms with E-state index in [1.54, 1.807) is 25.3 Å². The van der Waals surface area contributed by atoms with Crippen LogP contribution in [0, 0.1) is 6.92 Å². The number of anilines is 1. The number of hydrogen-bond donors (Lipinski definition) is 1. The molecule has 5 heteroatoms. The molecule has 0 heterocycles. The number of unbranched alkanes of at least 4 members (excludes halogenated alkanes) is 1. The van der Waals surface area contributed by atoms with Crippen LogP contribution in [0.25, 0.3) is 0 Å². The summed E-state index contributed by atoms with van der Waals surface area (Å²) in [6.45, 7) is 3.81. The second-order valence-electron chi connectivity index (χ2n) is 3.96. The van der Waals surface area contributed by atoms with Gasteiger partial charge in [0.05, 0.1) is 18.6 Å². The van der Waals surface area contributed by atoms with E-state index in [-0.39, 0.29) is 5.75 Å². The lowest BCUT2D eigenvalue weighted by molar-refractivity contribution is 0.414. The summed E-state index contributed by atoms with van der Waals surface area (Å²) >= 11 is 0. The minimum Gasteiger partial charge on any atom is -0.497 e. The van der Waals surface area contributed by atoms with E-state index in [2.05, 4.69) is 4.72 Å². The molecule has 0 saturated heterocycles. The van der Waals surface area contributed by atoms with E-state index in [1.165, 1.54) is 0 Å². The summed E-state index contributed by atoms with van der Waals surface area (Å²) in [7, 11) is -1.65. The maximum atomic E-state index is 11.7. The Bertz CT molecular complexity index is 469. The van der Waals surface area contributed by atoms with Gasteiger partial charge in [0.25, 0.3) is 0 Å². The molecular formula is C12H19NO3S. The van der Waals surface area contributed by atoms with Crippen molar-refractivity contribution in [2.24, 2.45) is 0 Å². The van der Waals surface area contributed by atoms with Crippen LogP contribution in [0.2, 0.25) is 0 Å². The van der Waals surface area contributed by atoms with Crippen molar-refractivity contribution in [3.8, 4) is 5.75 Å². The van der Waals surface area contributed by atoms with Gasteiger partial charge in [-0.25, -0.2) is 8.42 Å². The molecule has 17 heavy (non-hydrogen) atoms. The predicted molar refractivity (Wildman–Crippen MR) is 70.0 cm³/mol. The van der Waals surface area contributed by atoms with Crippen LogP contribution >= 0.6 is 0 Å². The summed E-state index contributed by atoms with van der Waals surface area (Å²) in [4.78, 5) is 0. The third kappa shape index (κ3) is 4.26. The van der Waals surface area contributed by atoms with Crippen molar-refractivity contribution in [3.63, 3.8) is 0 Å². The third-order valence-corrected chi connectivity index (χ3v) is 3.82. The first-order valence-electron chi connectivity index (χ1n) is 5.63. The first-order chi connectivity index (χ1) is 7.98. The topological polar surface area (TPSA) is 55.4 Å². The smallest absolute Gasteiger partial charge is 0.232 e. The van der Waals surface area contributed by atoms with E-state index >= 15 is 0 Å². The number of benzene rings is 1. The number of methoxy groups -OCH3 is 1. The second-order valence-corrected chi connectivity index (χ2v) is 5.80. The minimum absolute atomic E-state index is 0.162. The van der Waals surface area contributed by atoms with Crippen LogP contribution in [0.15, 0.2) is 18.2 Å². The van der Waals surface area contributed by atoms with E-state index in [9.17, 15) is 8.42 Å². The summed E-state index contributed by atoms with van der Waals surface area (Å²) in [5, 5.41) is 0. The molecule has 0 aliphatic carbocycles. The Labute approximate surface area is 103 Å². The van der Waals surface area contributed by atoms with Crippen LogP contribution in [0.1, 0.15) is 25.3 Å². The Balaban J connectivity index is 2.81. The monoisotopic (exact) mass is 257 g/mol. The molecule has 0 aliphatic rings. The maximum Gasteiger partial charge on any atom is 0.232 e. The molecule has 1 rings (SSSR count). The van der Waals surface area contributed by atoms with Crippen LogP contribution in [-0.2, 0) is 10.0 Å². The highest BCUT2D eigenvalue weighted by atomic mass is 32.2. The molecular weight excluding hydrogens is 238 g/mol. The van der Waals surface area contributed by atoms with Gasteiger partial charge in [-0.15, -0.1) is 0 Å². The van der Waals surface area contributed by atoms with E-state index < -0.39 is 10.0 Å². The normalized spacial score (nSPS) is 11.2. The average molecular weight is 257 g/mol. The maximum absolute atomic E-state index is 11.7. The Morgan fingerprint density at radius 1 is 1.35 bits per heavy atom. The van der Waals surface area contributed by atoms with Crippen molar-refractivity contribution < 1.29 is 13.2 Å². The van der Waals surface area contributed by atoms with E-state index in [4.69, 9.17) is 4.74 Å². The Kier molecular flexibility index (Phi) is 4.81. The zero-order valence-corrected chi connectivity index (χ0v) is 11.3. The zero-order valence-electron chi connectivity index (χ0n) is 10.5. The van der Waals surface area contributed by atoms with Crippen LogP contribution < -0.4 is 9.46 Å². The number of hydrogen-bond acceptors (Lipinski definition) is 3. The van der Waals surface area contributed by atoms with Gasteiger partial charge in [-0.2, -0.15) is 0 Å². The van der Waals surface area contributed by atoms with Crippen LogP contribution in [0.5, 0.6) is 5.75 Å². The first-order valence-corrected chi connectivity index (χ1v) is 7.29. The molecule has 0 amide bonds. The molecule has 0 saturated carbocycles. The van der Waals surface area contributed by atoms with Crippen molar-refractivity contribution in [2.45, 2.75) is 26.7 Å². The van der Waals surface area contributed by atoms with Crippen LogP contribution in [0.3, 0.4) is 0 Å². The molecule has 1 aromatic rings. The third-order valence-electron chi connectivity index (χ3n) is 2.47. The molecule has 0 unspecified atom stereocenters. The summed E-state index contributed by atoms with van der Waals surface area (Å²) < 4.78 is 31.1. The second kappa shape index (κ2) is 5.91. The molecule has 0 bridgehead atoms. The van der Waals surface area contributed by atoms with Gasteiger partial charge in [-0.3, -0.25) is 4.72 Å². The quantitative estimate of drug-likeness (QED) is 0.852. The fourth-order valence-electron chi connectivity index (χ4n) is 1.43. The van der Waals surface area contributed by atoms with Gasteiger partial charge < -0.3 is 4.74 Å². The van der Waals surface area contributed by atoms with Crippen molar-refractivity contribution in [1.29, 1.82) is 0 Å². The fraction of sp³-hybridized carbons (Fsp3) is 0.500. The van der Waals surface area contributed by atoms with Crippen LogP contribution in [-0.4, -0.2) is 21.3 Å². The molecule has 0 atom stereocenters. The van der Waals surface area contributed by atoms with E-state index in [0.29, 0.717) is 12.1 Å². The standard InChI is InChI=1S/C12H19NO3S/c1-4-5-8-17(14,15)13-12-7-6-11(16-3)9-10(12)2/h6-7,9,13H,4-5,8H2,1-3H3. The average Bonchev–Trinajstić information content (AvgIpc) is 2.29. The van der Waals surface area contributed by atoms with Gasteiger partial charge in [-0.1, -0.05) is 13.3 Å². The van der Waals surface area contributed by atoms with Crippen LogP contribution in [0.4, 0.5) is 5.69 Å². The van der Waals surface area contributed by atoms with Gasteiger partial charge in [0, 0.05) is 0 Å². The highest BCUT2D eigenvalue weighted by molar-refractivity contribution is 7.92. The van der Waals surface area contributed by atoms with Crippen molar-refractivity contribution in [1.82, 2.24) is 0 Å². The number of aryl methyl sites for hydroxylation is 1. The summed E-state index contributed by atoms with van der Waals surface area (Å²) in [5.74, 6) is 0.883. The SMILES string of the molecule is CCCCS(=O)(=O)Nc1ccc(OC)cc1C. The molecule has 0 fully saturated rings. The lowest BCUT2D eigenvalue weighted by atomic mass is 10.2. The Morgan fingerprint density at radius 2 is 2.06 bits per heavy atom.